The van der Waals surface area contributed by atoms with Crippen LogP contribution in [0.25, 0.3) is 0 Å². The Morgan fingerprint density at radius 3 is 1.94 bits per heavy atom. The molecule has 0 aromatic heterocycles. The van der Waals surface area contributed by atoms with Crippen LogP contribution in [0.3, 0.4) is 0 Å². The van der Waals surface area contributed by atoms with E-state index >= 15 is 0 Å². The first-order chi connectivity index (χ1) is 8.47. The highest BCUT2D eigenvalue weighted by Gasteiger charge is 2.34. The first kappa shape index (κ1) is 15.5. The van der Waals surface area contributed by atoms with E-state index in [1.807, 2.05) is 0 Å². The van der Waals surface area contributed by atoms with E-state index in [-0.39, 0.29) is 5.54 Å². The second-order valence-electron chi connectivity index (χ2n) is 6.87. The van der Waals surface area contributed by atoms with Gasteiger partial charge >= 0.3 is 0 Å². The summed E-state index contributed by atoms with van der Waals surface area (Å²) in [5, 5.41) is 13.4. The maximum Gasteiger partial charge on any atom is 0.107 e. The number of hydrogen-bond donors (Lipinski definition) is 1. The second-order valence-corrected chi connectivity index (χ2v) is 6.87. The van der Waals surface area contributed by atoms with Crippen molar-refractivity contribution in [1.82, 2.24) is 5.32 Å². The number of nitrogens with zero attached hydrogens (tertiary/aromatic N) is 1. The Hall–Kier alpha value is -0.550. The van der Waals surface area contributed by atoms with Crippen LogP contribution in [0.1, 0.15) is 72.6 Å². The summed E-state index contributed by atoms with van der Waals surface area (Å²) in [4.78, 5) is 0. The van der Waals surface area contributed by atoms with Crippen LogP contribution >= 0.6 is 0 Å². The summed E-state index contributed by atoms with van der Waals surface area (Å²) in [6.07, 6.45) is 8.45. The lowest BCUT2D eigenvalue weighted by Crippen LogP contribution is -2.51. The molecule has 0 heterocycles. The molecule has 1 N–H and O–H groups in total. The number of nitriles is 1. The van der Waals surface area contributed by atoms with Gasteiger partial charge < -0.3 is 0 Å². The van der Waals surface area contributed by atoms with Crippen molar-refractivity contribution in [2.45, 2.75) is 84.2 Å². The smallest absolute Gasteiger partial charge is 0.107 e. The molecule has 2 nitrogen and oxygen atoms in total. The Balaban J connectivity index is 2.70. The van der Waals surface area contributed by atoms with E-state index in [1.54, 1.807) is 0 Å². The van der Waals surface area contributed by atoms with Gasteiger partial charge in [0, 0.05) is 6.04 Å². The molecule has 1 rings (SSSR count). The topological polar surface area (TPSA) is 35.8 Å². The number of hydrogen-bond acceptors (Lipinski definition) is 2. The van der Waals surface area contributed by atoms with Gasteiger partial charge in [-0.05, 0) is 37.5 Å². The van der Waals surface area contributed by atoms with Crippen molar-refractivity contribution in [1.29, 1.82) is 5.26 Å². The summed E-state index contributed by atoms with van der Waals surface area (Å²) in [6, 6.07) is 3.18. The normalized spacial score (nSPS) is 18.3. The van der Waals surface area contributed by atoms with Crippen LogP contribution < -0.4 is 5.32 Å². The van der Waals surface area contributed by atoms with Gasteiger partial charge in [0.15, 0.2) is 0 Å². The monoisotopic (exact) mass is 250 g/mol. The third-order valence-corrected chi connectivity index (χ3v) is 3.81. The molecule has 0 unspecified atom stereocenters. The first-order valence-corrected chi connectivity index (χ1v) is 7.66. The quantitative estimate of drug-likeness (QED) is 0.764. The SMILES string of the molecule is CC(C)CC(C#N)(CC(C)C)NC1CCCCC1. The van der Waals surface area contributed by atoms with E-state index in [2.05, 4.69) is 39.1 Å². The Labute approximate surface area is 113 Å². The average Bonchev–Trinajstić information content (AvgIpc) is 2.28. The zero-order valence-corrected chi connectivity index (χ0v) is 12.6. The maximum absolute atomic E-state index is 9.69. The summed E-state index contributed by atoms with van der Waals surface area (Å²) >= 11 is 0. The van der Waals surface area contributed by atoms with Gasteiger partial charge in [0.2, 0.25) is 0 Å². The molecule has 0 amide bonds. The summed E-state index contributed by atoms with van der Waals surface area (Å²) < 4.78 is 0. The van der Waals surface area contributed by atoms with Gasteiger partial charge in [-0.3, -0.25) is 5.32 Å². The highest BCUT2D eigenvalue weighted by Crippen LogP contribution is 2.28. The zero-order valence-electron chi connectivity index (χ0n) is 12.6. The molecule has 0 radical (unpaired) electrons. The molecule has 1 saturated carbocycles. The molecule has 1 aliphatic carbocycles. The van der Waals surface area contributed by atoms with Crippen LogP contribution in [0.15, 0.2) is 0 Å². The minimum absolute atomic E-state index is 0.301. The van der Waals surface area contributed by atoms with Gasteiger partial charge in [-0.1, -0.05) is 47.0 Å². The maximum atomic E-state index is 9.69. The van der Waals surface area contributed by atoms with E-state index in [4.69, 9.17) is 0 Å². The molecule has 0 aliphatic heterocycles. The Kier molecular flexibility index (Phi) is 6.15. The van der Waals surface area contributed by atoms with Gasteiger partial charge in [-0.15, -0.1) is 0 Å². The summed E-state index contributed by atoms with van der Waals surface area (Å²) in [7, 11) is 0. The molecule has 1 fully saturated rings. The Bertz CT molecular complexity index is 259. The highest BCUT2D eigenvalue weighted by molar-refractivity contribution is 5.09. The Morgan fingerprint density at radius 2 is 1.56 bits per heavy atom. The lowest BCUT2D eigenvalue weighted by molar-refractivity contribution is 0.231. The fourth-order valence-electron chi connectivity index (χ4n) is 3.36. The molecule has 0 spiro atoms. The number of nitrogens with one attached hydrogen (secondary N) is 1. The highest BCUT2D eigenvalue weighted by atomic mass is 15.0. The van der Waals surface area contributed by atoms with Crippen molar-refractivity contribution >= 4 is 0 Å². The zero-order chi connectivity index (χ0) is 13.6. The van der Waals surface area contributed by atoms with Crippen LogP contribution in [-0.4, -0.2) is 11.6 Å². The van der Waals surface area contributed by atoms with Gasteiger partial charge in [0.25, 0.3) is 0 Å². The second kappa shape index (κ2) is 7.14. The van der Waals surface area contributed by atoms with Crippen LogP contribution in [0.5, 0.6) is 0 Å². The molecule has 0 saturated heterocycles. The minimum atomic E-state index is -0.301. The largest absolute Gasteiger partial charge is 0.297 e. The molecule has 0 aromatic carbocycles. The van der Waals surface area contributed by atoms with Crippen molar-refractivity contribution in [3.8, 4) is 6.07 Å². The van der Waals surface area contributed by atoms with E-state index < -0.39 is 0 Å². The summed E-state index contributed by atoms with van der Waals surface area (Å²) in [5.41, 5.74) is -0.301. The molecule has 0 aromatic rings. The van der Waals surface area contributed by atoms with Gasteiger partial charge in [0.05, 0.1) is 6.07 Å². The molecular weight excluding hydrogens is 220 g/mol. The summed E-state index contributed by atoms with van der Waals surface area (Å²) in [6.45, 7) is 8.87. The Morgan fingerprint density at radius 1 is 1.06 bits per heavy atom. The van der Waals surface area contributed by atoms with E-state index in [0.29, 0.717) is 17.9 Å². The standard InChI is InChI=1S/C16H30N2/c1-13(2)10-16(12-17,11-14(3)4)18-15-8-6-5-7-9-15/h13-15,18H,5-11H2,1-4H3. The van der Waals surface area contributed by atoms with Crippen molar-refractivity contribution in [2.75, 3.05) is 0 Å². The van der Waals surface area contributed by atoms with E-state index in [0.717, 1.165) is 12.8 Å². The van der Waals surface area contributed by atoms with Crippen LogP contribution in [0.4, 0.5) is 0 Å². The fraction of sp³-hybridized carbons (Fsp3) is 0.938. The predicted molar refractivity (Wildman–Crippen MR) is 77.3 cm³/mol. The van der Waals surface area contributed by atoms with E-state index in [9.17, 15) is 5.26 Å². The first-order valence-electron chi connectivity index (χ1n) is 7.66. The van der Waals surface area contributed by atoms with Crippen molar-refractivity contribution in [3.05, 3.63) is 0 Å². The average molecular weight is 250 g/mol. The lowest BCUT2D eigenvalue weighted by atomic mass is 9.81. The third-order valence-electron chi connectivity index (χ3n) is 3.81. The summed E-state index contributed by atoms with van der Waals surface area (Å²) in [5.74, 6) is 1.14. The van der Waals surface area contributed by atoms with Gasteiger partial charge in [-0.25, -0.2) is 0 Å². The van der Waals surface area contributed by atoms with Gasteiger partial charge in [0.1, 0.15) is 5.54 Å². The lowest BCUT2D eigenvalue weighted by Gasteiger charge is -2.36. The number of rotatable bonds is 6. The van der Waals surface area contributed by atoms with E-state index in [1.165, 1.54) is 32.1 Å². The molecule has 2 heteroatoms. The van der Waals surface area contributed by atoms with Gasteiger partial charge in [-0.2, -0.15) is 5.26 Å². The van der Waals surface area contributed by atoms with Crippen molar-refractivity contribution < 1.29 is 0 Å². The molecule has 104 valence electrons. The molecule has 0 bridgehead atoms. The third kappa shape index (κ3) is 4.98. The van der Waals surface area contributed by atoms with Crippen molar-refractivity contribution in [2.24, 2.45) is 11.8 Å². The van der Waals surface area contributed by atoms with Crippen LogP contribution in [0, 0.1) is 23.2 Å². The molecule has 0 atom stereocenters. The predicted octanol–water partition coefficient (Wildman–Crippen LogP) is 4.26. The fourth-order valence-corrected chi connectivity index (χ4v) is 3.36. The molecule has 18 heavy (non-hydrogen) atoms. The van der Waals surface area contributed by atoms with Crippen molar-refractivity contribution in [3.63, 3.8) is 0 Å². The van der Waals surface area contributed by atoms with Crippen LogP contribution in [-0.2, 0) is 0 Å². The van der Waals surface area contributed by atoms with Crippen LogP contribution in [0.2, 0.25) is 0 Å². The minimum Gasteiger partial charge on any atom is -0.297 e. The molecule has 1 aliphatic rings. The molecular formula is C16H30N2.